The van der Waals surface area contributed by atoms with Gasteiger partial charge in [-0.05, 0) is 11.6 Å². The molecule has 0 saturated carbocycles. The SMILES string of the molecule is O=C(NCc1csc(-c2ccccc2)n1)c1occc1-c1ccccc1. The number of thiazole rings is 1. The zero-order valence-corrected chi connectivity index (χ0v) is 14.7. The van der Waals surface area contributed by atoms with E-state index in [0.29, 0.717) is 12.3 Å². The fourth-order valence-corrected chi connectivity index (χ4v) is 3.51. The number of benzene rings is 2. The molecule has 5 heteroatoms. The molecule has 0 aliphatic rings. The molecular weight excluding hydrogens is 344 g/mol. The van der Waals surface area contributed by atoms with Gasteiger partial charge in [0.2, 0.25) is 0 Å². The summed E-state index contributed by atoms with van der Waals surface area (Å²) in [4.78, 5) is 17.1. The summed E-state index contributed by atoms with van der Waals surface area (Å²) in [5.41, 5.74) is 3.64. The van der Waals surface area contributed by atoms with Crippen LogP contribution >= 0.6 is 11.3 Å². The fourth-order valence-electron chi connectivity index (χ4n) is 2.68. The molecule has 4 nitrogen and oxygen atoms in total. The van der Waals surface area contributed by atoms with Crippen LogP contribution in [0.25, 0.3) is 21.7 Å². The minimum Gasteiger partial charge on any atom is -0.459 e. The van der Waals surface area contributed by atoms with Gasteiger partial charge in [0, 0.05) is 16.5 Å². The first-order chi connectivity index (χ1) is 12.8. The van der Waals surface area contributed by atoms with E-state index in [2.05, 4.69) is 10.3 Å². The van der Waals surface area contributed by atoms with E-state index in [1.807, 2.05) is 66.0 Å². The summed E-state index contributed by atoms with van der Waals surface area (Å²) in [7, 11) is 0. The third kappa shape index (κ3) is 3.43. The lowest BCUT2D eigenvalue weighted by molar-refractivity contribution is 0.0923. The van der Waals surface area contributed by atoms with E-state index in [1.54, 1.807) is 17.4 Å². The molecule has 0 atom stereocenters. The van der Waals surface area contributed by atoms with Crippen molar-refractivity contribution in [1.82, 2.24) is 10.3 Å². The van der Waals surface area contributed by atoms with Gasteiger partial charge < -0.3 is 9.73 Å². The molecule has 0 unspecified atom stereocenters. The highest BCUT2D eigenvalue weighted by molar-refractivity contribution is 7.13. The number of carbonyl (C=O) groups excluding carboxylic acids is 1. The zero-order chi connectivity index (χ0) is 17.8. The van der Waals surface area contributed by atoms with Crippen molar-refractivity contribution in [2.45, 2.75) is 6.54 Å². The Hall–Kier alpha value is -3.18. The standard InChI is InChI=1S/C21H16N2O2S/c24-20(19-18(11-12-25-19)15-7-3-1-4-8-15)22-13-17-14-26-21(23-17)16-9-5-2-6-10-16/h1-12,14H,13H2,(H,22,24). The monoisotopic (exact) mass is 360 g/mol. The van der Waals surface area contributed by atoms with Crippen molar-refractivity contribution in [3.63, 3.8) is 0 Å². The molecule has 2 aromatic carbocycles. The second kappa shape index (κ2) is 7.37. The normalized spacial score (nSPS) is 10.6. The van der Waals surface area contributed by atoms with Crippen LogP contribution in [0.15, 0.2) is 82.8 Å². The number of furan rings is 1. The van der Waals surface area contributed by atoms with Gasteiger partial charge >= 0.3 is 0 Å². The van der Waals surface area contributed by atoms with Crippen molar-refractivity contribution in [3.05, 3.63) is 89.8 Å². The van der Waals surface area contributed by atoms with E-state index in [9.17, 15) is 4.79 Å². The first-order valence-corrected chi connectivity index (χ1v) is 9.10. The van der Waals surface area contributed by atoms with Crippen LogP contribution in [-0.2, 0) is 6.54 Å². The zero-order valence-electron chi connectivity index (χ0n) is 13.9. The largest absolute Gasteiger partial charge is 0.459 e. The van der Waals surface area contributed by atoms with E-state index >= 15 is 0 Å². The minimum atomic E-state index is -0.247. The number of aromatic nitrogens is 1. The fraction of sp³-hybridized carbons (Fsp3) is 0.0476. The van der Waals surface area contributed by atoms with Crippen LogP contribution in [-0.4, -0.2) is 10.9 Å². The Morgan fingerprint density at radius 2 is 1.65 bits per heavy atom. The third-order valence-electron chi connectivity index (χ3n) is 3.96. The average molecular weight is 360 g/mol. The highest BCUT2D eigenvalue weighted by Gasteiger charge is 2.16. The number of nitrogens with one attached hydrogen (secondary N) is 1. The van der Waals surface area contributed by atoms with Crippen molar-refractivity contribution < 1.29 is 9.21 Å². The van der Waals surface area contributed by atoms with Crippen molar-refractivity contribution in [1.29, 1.82) is 0 Å². The van der Waals surface area contributed by atoms with Crippen LogP contribution in [0, 0.1) is 0 Å². The molecule has 2 aromatic heterocycles. The van der Waals surface area contributed by atoms with Gasteiger partial charge in [-0.3, -0.25) is 4.79 Å². The summed E-state index contributed by atoms with van der Waals surface area (Å²) < 4.78 is 5.41. The lowest BCUT2D eigenvalue weighted by Crippen LogP contribution is -2.23. The maximum absolute atomic E-state index is 12.5. The predicted molar refractivity (Wildman–Crippen MR) is 103 cm³/mol. The quantitative estimate of drug-likeness (QED) is 0.545. The number of hydrogen-bond donors (Lipinski definition) is 1. The lowest BCUT2D eigenvalue weighted by Gasteiger charge is -2.04. The number of amides is 1. The number of nitrogens with zero attached hydrogens (tertiary/aromatic N) is 1. The highest BCUT2D eigenvalue weighted by Crippen LogP contribution is 2.25. The molecule has 0 aliphatic carbocycles. The second-order valence-electron chi connectivity index (χ2n) is 5.72. The number of hydrogen-bond acceptors (Lipinski definition) is 4. The topological polar surface area (TPSA) is 55.1 Å². The van der Waals surface area contributed by atoms with Crippen LogP contribution in [0.2, 0.25) is 0 Å². The maximum Gasteiger partial charge on any atom is 0.287 e. The summed E-state index contributed by atoms with van der Waals surface area (Å²) in [5.74, 6) is 0.0674. The van der Waals surface area contributed by atoms with E-state index in [0.717, 1.165) is 27.4 Å². The third-order valence-corrected chi connectivity index (χ3v) is 4.90. The van der Waals surface area contributed by atoms with Crippen LogP contribution in [0.4, 0.5) is 0 Å². The Morgan fingerprint density at radius 3 is 2.38 bits per heavy atom. The van der Waals surface area contributed by atoms with Crippen LogP contribution < -0.4 is 5.32 Å². The molecule has 1 N–H and O–H groups in total. The van der Waals surface area contributed by atoms with Crippen LogP contribution in [0.1, 0.15) is 16.2 Å². The smallest absolute Gasteiger partial charge is 0.287 e. The van der Waals surface area contributed by atoms with Gasteiger partial charge in [0.1, 0.15) is 5.01 Å². The summed E-state index contributed by atoms with van der Waals surface area (Å²) in [6.07, 6.45) is 1.54. The average Bonchev–Trinajstić information content (AvgIpc) is 3.37. The second-order valence-corrected chi connectivity index (χ2v) is 6.58. The Kier molecular flexibility index (Phi) is 4.62. The van der Waals surface area contributed by atoms with E-state index in [1.165, 1.54) is 6.26 Å². The molecule has 0 saturated heterocycles. The van der Waals surface area contributed by atoms with Gasteiger partial charge in [-0.15, -0.1) is 11.3 Å². The van der Waals surface area contributed by atoms with E-state index < -0.39 is 0 Å². The first kappa shape index (κ1) is 16.3. The molecule has 2 heterocycles. The summed E-state index contributed by atoms with van der Waals surface area (Å²) in [6, 6.07) is 21.5. The Labute approximate surface area is 155 Å². The van der Waals surface area contributed by atoms with Gasteiger partial charge in [0.25, 0.3) is 5.91 Å². The minimum absolute atomic E-state index is 0.247. The van der Waals surface area contributed by atoms with Crippen molar-refractivity contribution in [2.75, 3.05) is 0 Å². The molecule has 26 heavy (non-hydrogen) atoms. The van der Waals surface area contributed by atoms with Gasteiger partial charge in [-0.2, -0.15) is 0 Å². The molecule has 1 amide bonds. The molecule has 4 rings (SSSR count). The summed E-state index contributed by atoms with van der Waals surface area (Å²) in [5, 5.41) is 5.79. The van der Waals surface area contributed by atoms with E-state index in [4.69, 9.17) is 4.42 Å². The molecule has 0 radical (unpaired) electrons. The summed E-state index contributed by atoms with van der Waals surface area (Å²) >= 11 is 1.57. The Balaban J connectivity index is 1.46. The van der Waals surface area contributed by atoms with Gasteiger partial charge in [0.05, 0.1) is 18.5 Å². The molecule has 0 aliphatic heterocycles. The molecular formula is C21H16N2O2S. The van der Waals surface area contributed by atoms with Gasteiger partial charge in [-0.1, -0.05) is 60.7 Å². The van der Waals surface area contributed by atoms with Crippen molar-refractivity contribution in [2.24, 2.45) is 0 Å². The summed E-state index contributed by atoms with van der Waals surface area (Å²) in [6.45, 7) is 0.358. The highest BCUT2D eigenvalue weighted by atomic mass is 32.1. The molecule has 0 spiro atoms. The Morgan fingerprint density at radius 1 is 0.962 bits per heavy atom. The lowest BCUT2D eigenvalue weighted by atomic mass is 10.1. The van der Waals surface area contributed by atoms with Crippen LogP contribution in [0.5, 0.6) is 0 Å². The molecule has 4 aromatic rings. The van der Waals surface area contributed by atoms with Gasteiger partial charge in [-0.25, -0.2) is 4.98 Å². The van der Waals surface area contributed by atoms with E-state index in [-0.39, 0.29) is 5.91 Å². The molecule has 128 valence electrons. The first-order valence-electron chi connectivity index (χ1n) is 8.22. The molecule has 0 bridgehead atoms. The maximum atomic E-state index is 12.5. The predicted octanol–water partition coefficient (Wildman–Crippen LogP) is 5.00. The van der Waals surface area contributed by atoms with Gasteiger partial charge in [0.15, 0.2) is 5.76 Å². The van der Waals surface area contributed by atoms with Crippen molar-refractivity contribution >= 4 is 17.2 Å². The molecule has 0 fully saturated rings. The Bertz CT molecular complexity index is 1010. The number of rotatable bonds is 5. The number of carbonyl (C=O) groups is 1. The van der Waals surface area contributed by atoms with Crippen LogP contribution in [0.3, 0.4) is 0 Å². The van der Waals surface area contributed by atoms with Crippen molar-refractivity contribution in [3.8, 4) is 21.7 Å².